The van der Waals surface area contributed by atoms with Crippen molar-refractivity contribution in [1.29, 1.82) is 0 Å². The van der Waals surface area contributed by atoms with Gasteiger partial charge in [-0.15, -0.1) is 0 Å². The van der Waals surface area contributed by atoms with Crippen LogP contribution in [0.25, 0.3) is 0 Å². The van der Waals surface area contributed by atoms with E-state index < -0.39 is 6.04 Å². The third-order valence-corrected chi connectivity index (χ3v) is 3.01. The van der Waals surface area contributed by atoms with Crippen molar-refractivity contribution in [3.8, 4) is 0 Å². The van der Waals surface area contributed by atoms with Crippen LogP contribution < -0.4 is 5.73 Å². The normalized spacial score (nSPS) is 12.2. The summed E-state index contributed by atoms with van der Waals surface area (Å²) in [5.74, 6) is 0.0384. The summed E-state index contributed by atoms with van der Waals surface area (Å²) >= 11 is 0. The Bertz CT molecular complexity index is 351. The maximum absolute atomic E-state index is 12.3. The molecule has 3 nitrogen and oxygen atoms in total. The van der Waals surface area contributed by atoms with E-state index in [0.717, 1.165) is 37.9 Å². The zero-order chi connectivity index (χ0) is 13.4. The molecule has 1 rings (SSSR count). The summed E-state index contributed by atoms with van der Waals surface area (Å²) in [6.45, 7) is 5.81. The standard InChI is InChI=1S/C15H24N2O/c1-3-5-12-17(11-4-2)15(18)14(16)13-9-7-6-8-10-13/h6-10,14H,3-5,11-12,16H2,1-2H3. The molecule has 0 aliphatic rings. The van der Waals surface area contributed by atoms with Gasteiger partial charge in [0.1, 0.15) is 6.04 Å². The van der Waals surface area contributed by atoms with Crippen LogP contribution in [0.1, 0.15) is 44.7 Å². The van der Waals surface area contributed by atoms with Crippen LogP contribution in [0.15, 0.2) is 30.3 Å². The van der Waals surface area contributed by atoms with Gasteiger partial charge in [-0.05, 0) is 18.4 Å². The van der Waals surface area contributed by atoms with Gasteiger partial charge in [0, 0.05) is 13.1 Å². The number of unbranched alkanes of at least 4 members (excludes halogenated alkanes) is 1. The van der Waals surface area contributed by atoms with Crippen LogP contribution in [0.3, 0.4) is 0 Å². The monoisotopic (exact) mass is 248 g/mol. The number of nitrogens with zero attached hydrogens (tertiary/aromatic N) is 1. The second-order valence-corrected chi connectivity index (χ2v) is 4.57. The molecule has 0 bridgehead atoms. The van der Waals surface area contributed by atoms with Gasteiger partial charge >= 0.3 is 0 Å². The lowest BCUT2D eigenvalue weighted by atomic mass is 10.1. The van der Waals surface area contributed by atoms with Crippen LogP contribution in [0.2, 0.25) is 0 Å². The van der Waals surface area contributed by atoms with Crippen LogP contribution in [0.5, 0.6) is 0 Å². The zero-order valence-electron chi connectivity index (χ0n) is 11.4. The molecule has 0 aliphatic heterocycles. The first-order valence-electron chi connectivity index (χ1n) is 6.80. The van der Waals surface area contributed by atoms with Gasteiger partial charge in [-0.25, -0.2) is 0 Å². The lowest BCUT2D eigenvalue weighted by Crippen LogP contribution is -2.39. The van der Waals surface area contributed by atoms with Crippen molar-refractivity contribution in [3.05, 3.63) is 35.9 Å². The Kier molecular flexibility index (Phi) is 6.44. The molecule has 0 spiro atoms. The SMILES string of the molecule is CCCCN(CCC)C(=O)C(N)c1ccccc1. The number of rotatable bonds is 7. The molecule has 0 saturated heterocycles. The van der Waals surface area contributed by atoms with E-state index in [2.05, 4.69) is 13.8 Å². The highest BCUT2D eigenvalue weighted by Gasteiger charge is 2.21. The lowest BCUT2D eigenvalue weighted by Gasteiger charge is -2.25. The number of carbonyl (C=O) groups is 1. The second-order valence-electron chi connectivity index (χ2n) is 4.57. The Hall–Kier alpha value is -1.35. The van der Waals surface area contributed by atoms with Crippen molar-refractivity contribution in [2.45, 2.75) is 39.2 Å². The summed E-state index contributed by atoms with van der Waals surface area (Å²) in [4.78, 5) is 14.2. The third kappa shape index (κ3) is 4.15. The van der Waals surface area contributed by atoms with Gasteiger partial charge in [-0.2, -0.15) is 0 Å². The molecule has 0 heterocycles. The number of hydrogen-bond donors (Lipinski definition) is 1. The molecule has 1 amide bonds. The highest BCUT2D eigenvalue weighted by atomic mass is 16.2. The molecule has 0 saturated carbocycles. The third-order valence-electron chi connectivity index (χ3n) is 3.01. The van der Waals surface area contributed by atoms with Crippen LogP contribution in [0.4, 0.5) is 0 Å². The van der Waals surface area contributed by atoms with E-state index in [1.54, 1.807) is 0 Å². The quantitative estimate of drug-likeness (QED) is 0.806. The fourth-order valence-electron chi connectivity index (χ4n) is 1.95. The summed E-state index contributed by atoms with van der Waals surface area (Å²) in [6, 6.07) is 9.05. The van der Waals surface area contributed by atoms with E-state index >= 15 is 0 Å². The van der Waals surface area contributed by atoms with E-state index in [-0.39, 0.29) is 5.91 Å². The lowest BCUT2D eigenvalue weighted by molar-refractivity contribution is -0.132. The molecule has 1 atom stereocenters. The molecule has 3 heteroatoms. The molecule has 18 heavy (non-hydrogen) atoms. The van der Waals surface area contributed by atoms with Crippen molar-refractivity contribution in [2.75, 3.05) is 13.1 Å². The average molecular weight is 248 g/mol. The fourth-order valence-corrected chi connectivity index (χ4v) is 1.95. The van der Waals surface area contributed by atoms with Gasteiger partial charge in [-0.3, -0.25) is 4.79 Å². The van der Waals surface area contributed by atoms with Crippen LogP contribution in [-0.2, 0) is 4.79 Å². The molecule has 1 aromatic rings. The Morgan fingerprint density at radius 3 is 2.39 bits per heavy atom. The second kappa shape index (κ2) is 7.88. The molecule has 0 aromatic heterocycles. The van der Waals surface area contributed by atoms with E-state index in [1.165, 1.54) is 0 Å². The largest absolute Gasteiger partial charge is 0.341 e. The topological polar surface area (TPSA) is 46.3 Å². The first-order valence-corrected chi connectivity index (χ1v) is 6.80. The van der Waals surface area contributed by atoms with Crippen molar-refractivity contribution < 1.29 is 4.79 Å². The van der Waals surface area contributed by atoms with E-state index in [9.17, 15) is 4.79 Å². The maximum Gasteiger partial charge on any atom is 0.244 e. The van der Waals surface area contributed by atoms with E-state index in [0.29, 0.717) is 0 Å². The zero-order valence-corrected chi connectivity index (χ0v) is 11.4. The van der Waals surface area contributed by atoms with Crippen molar-refractivity contribution in [2.24, 2.45) is 5.73 Å². The molecule has 0 aliphatic carbocycles. The predicted molar refractivity (Wildman–Crippen MR) is 75.1 cm³/mol. The molecular formula is C15H24N2O. The molecular weight excluding hydrogens is 224 g/mol. The molecule has 100 valence electrons. The predicted octanol–water partition coefficient (Wildman–Crippen LogP) is 2.73. The van der Waals surface area contributed by atoms with Crippen molar-refractivity contribution >= 4 is 5.91 Å². The summed E-state index contributed by atoms with van der Waals surface area (Å²) in [7, 11) is 0. The average Bonchev–Trinajstić information content (AvgIpc) is 2.43. The number of carbonyl (C=O) groups excluding carboxylic acids is 1. The molecule has 1 aromatic carbocycles. The van der Waals surface area contributed by atoms with Gasteiger partial charge in [0.25, 0.3) is 0 Å². The molecule has 0 fully saturated rings. The van der Waals surface area contributed by atoms with Gasteiger partial charge < -0.3 is 10.6 Å². The number of benzene rings is 1. The number of nitrogens with two attached hydrogens (primary N) is 1. The summed E-state index contributed by atoms with van der Waals surface area (Å²) in [5, 5.41) is 0. The van der Waals surface area contributed by atoms with Crippen LogP contribution >= 0.6 is 0 Å². The van der Waals surface area contributed by atoms with Crippen molar-refractivity contribution in [3.63, 3.8) is 0 Å². The maximum atomic E-state index is 12.3. The molecule has 0 radical (unpaired) electrons. The summed E-state index contributed by atoms with van der Waals surface area (Å²) in [5.41, 5.74) is 6.94. The Morgan fingerprint density at radius 1 is 1.17 bits per heavy atom. The number of amides is 1. The minimum atomic E-state index is -0.533. The smallest absolute Gasteiger partial charge is 0.244 e. The Morgan fingerprint density at radius 2 is 1.83 bits per heavy atom. The number of hydrogen-bond acceptors (Lipinski definition) is 2. The minimum absolute atomic E-state index is 0.0384. The van der Waals surface area contributed by atoms with Crippen LogP contribution in [-0.4, -0.2) is 23.9 Å². The minimum Gasteiger partial charge on any atom is -0.341 e. The van der Waals surface area contributed by atoms with Crippen molar-refractivity contribution in [1.82, 2.24) is 4.90 Å². The highest BCUT2D eigenvalue weighted by Crippen LogP contribution is 2.13. The van der Waals surface area contributed by atoms with Gasteiger partial charge in [-0.1, -0.05) is 50.6 Å². The van der Waals surface area contributed by atoms with Gasteiger partial charge in [0.05, 0.1) is 0 Å². The van der Waals surface area contributed by atoms with Gasteiger partial charge in [0.15, 0.2) is 0 Å². The molecule has 2 N–H and O–H groups in total. The van der Waals surface area contributed by atoms with E-state index in [4.69, 9.17) is 5.73 Å². The van der Waals surface area contributed by atoms with Gasteiger partial charge in [0.2, 0.25) is 5.91 Å². The summed E-state index contributed by atoms with van der Waals surface area (Å²) < 4.78 is 0. The first kappa shape index (κ1) is 14.7. The Labute approximate surface area is 110 Å². The van der Waals surface area contributed by atoms with E-state index in [1.807, 2.05) is 35.2 Å². The van der Waals surface area contributed by atoms with Crippen LogP contribution in [0, 0.1) is 0 Å². The Balaban J connectivity index is 2.69. The molecule has 1 unspecified atom stereocenters. The first-order chi connectivity index (χ1) is 8.70. The summed E-state index contributed by atoms with van der Waals surface area (Å²) in [6.07, 6.45) is 3.10. The fraction of sp³-hybridized carbons (Fsp3) is 0.533. The highest BCUT2D eigenvalue weighted by molar-refractivity contribution is 5.83.